The van der Waals surface area contributed by atoms with E-state index in [9.17, 15) is 4.79 Å². The summed E-state index contributed by atoms with van der Waals surface area (Å²) in [7, 11) is 0. The number of amides is 1. The molecule has 1 amide bonds. The molecule has 0 aromatic heterocycles. The van der Waals surface area contributed by atoms with Crippen molar-refractivity contribution >= 4 is 28.9 Å². The molecule has 0 unspecified atom stereocenters. The number of carbonyl (C=O) groups is 1. The van der Waals surface area contributed by atoms with Crippen LogP contribution in [0.25, 0.3) is 0 Å². The molecule has 2 aromatic rings. The second kappa shape index (κ2) is 6.30. The third kappa shape index (κ3) is 3.65. The van der Waals surface area contributed by atoms with Crippen LogP contribution >= 0.6 is 11.6 Å². The first-order chi connectivity index (χ1) is 9.56. The van der Waals surface area contributed by atoms with E-state index in [1.165, 1.54) is 0 Å². The van der Waals surface area contributed by atoms with Gasteiger partial charge in [-0.3, -0.25) is 4.79 Å². The lowest BCUT2D eigenvalue weighted by atomic mass is 10.2. The topological polar surface area (TPSA) is 64.3 Å². The molecule has 0 fully saturated rings. The molecule has 0 saturated heterocycles. The van der Waals surface area contributed by atoms with Crippen LogP contribution in [0.4, 0.5) is 11.4 Å². The summed E-state index contributed by atoms with van der Waals surface area (Å²) in [5, 5.41) is 3.16. The fourth-order valence-corrected chi connectivity index (χ4v) is 1.87. The molecular formula is C15H15ClN2O2. The number of para-hydroxylation sites is 1. The minimum Gasteiger partial charge on any atom is -0.482 e. The summed E-state index contributed by atoms with van der Waals surface area (Å²) >= 11 is 5.95. The molecule has 0 saturated carbocycles. The zero-order valence-electron chi connectivity index (χ0n) is 11.0. The zero-order valence-corrected chi connectivity index (χ0v) is 11.8. The van der Waals surface area contributed by atoms with Gasteiger partial charge in [0.1, 0.15) is 5.75 Å². The minimum absolute atomic E-state index is 0.127. The third-order valence-electron chi connectivity index (χ3n) is 2.67. The number of halogens is 1. The smallest absolute Gasteiger partial charge is 0.262 e. The molecular weight excluding hydrogens is 276 g/mol. The van der Waals surface area contributed by atoms with E-state index >= 15 is 0 Å². The summed E-state index contributed by atoms with van der Waals surface area (Å²) in [6.45, 7) is 1.81. The average molecular weight is 291 g/mol. The van der Waals surface area contributed by atoms with Crippen molar-refractivity contribution in [2.75, 3.05) is 17.7 Å². The quantitative estimate of drug-likeness (QED) is 0.850. The zero-order chi connectivity index (χ0) is 14.5. The van der Waals surface area contributed by atoms with Gasteiger partial charge in [-0.2, -0.15) is 0 Å². The Balaban J connectivity index is 1.94. The van der Waals surface area contributed by atoms with Gasteiger partial charge in [-0.15, -0.1) is 0 Å². The monoisotopic (exact) mass is 290 g/mol. The molecule has 2 rings (SSSR count). The SMILES string of the molecule is Cc1ccc(OCC(=O)Nc2ccccc2Cl)c(N)c1. The second-order valence-corrected chi connectivity index (χ2v) is 4.77. The van der Waals surface area contributed by atoms with E-state index in [2.05, 4.69) is 5.32 Å². The number of ether oxygens (including phenoxy) is 1. The number of aryl methyl sites for hydroxylation is 1. The predicted molar refractivity (Wildman–Crippen MR) is 81.2 cm³/mol. The van der Waals surface area contributed by atoms with Crippen molar-refractivity contribution in [1.82, 2.24) is 0 Å². The van der Waals surface area contributed by atoms with Gasteiger partial charge in [-0.05, 0) is 36.8 Å². The fraction of sp³-hybridized carbons (Fsp3) is 0.133. The normalized spacial score (nSPS) is 10.1. The summed E-state index contributed by atoms with van der Waals surface area (Å²) in [6, 6.07) is 12.4. The van der Waals surface area contributed by atoms with E-state index in [1.54, 1.807) is 36.4 Å². The van der Waals surface area contributed by atoms with E-state index in [0.29, 0.717) is 22.1 Å². The van der Waals surface area contributed by atoms with Gasteiger partial charge in [0.15, 0.2) is 6.61 Å². The Bertz CT molecular complexity index is 629. The Labute approximate surface area is 122 Å². The van der Waals surface area contributed by atoms with E-state index < -0.39 is 0 Å². The number of hydrogen-bond acceptors (Lipinski definition) is 3. The molecule has 0 radical (unpaired) electrons. The van der Waals surface area contributed by atoms with Gasteiger partial charge in [0.2, 0.25) is 0 Å². The summed E-state index contributed by atoms with van der Waals surface area (Å²) in [4.78, 5) is 11.8. The second-order valence-electron chi connectivity index (χ2n) is 4.36. The highest BCUT2D eigenvalue weighted by molar-refractivity contribution is 6.33. The molecule has 0 spiro atoms. The third-order valence-corrected chi connectivity index (χ3v) is 3.00. The summed E-state index contributed by atoms with van der Waals surface area (Å²) < 4.78 is 5.39. The van der Waals surface area contributed by atoms with Crippen LogP contribution < -0.4 is 15.8 Å². The molecule has 0 aliphatic heterocycles. The summed E-state index contributed by atoms with van der Waals surface area (Å²) in [6.07, 6.45) is 0. The molecule has 104 valence electrons. The van der Waals surface area contributed by atoms with Crippen molar-refractivity contribution in [2.24, 2.45) is 0 Å². The van der Waals surface area contributed by atoms with Crippen molar-refractivity contribution in [1.29, 1.82) is 0 Å². The molecule has 3 N–H and O–H groups in total. The lowest BCUT2D eigenvalue weighted by Crippen LogP contribution is -2.20. The van der Waals surface area contributed by atoms with E-state index in [-0.39, 0.29) is 12.5 Å². The Morgan fingerprint density at radius 2 is 2.05 bits per heavy atom. The van der Waals surface area contributed by atoms with Crippen LogP contribution in [0.3, 0.4) is 0 Å². The maximum absolute atomic E-state index is 11.8. The van der Waals surface area contributed by atoms with Crippen LogP contribution in [0.1, 0.15) is 5.56 Å². The lowest BCUT2D eigenvalue weighted by Gasteiger charge is -2.10. The summed E-state index contributed by atoms with van der Waals surface area (Å²) in [5.74, 6) is 0.197. The van der Waals surface area contributed by atoms with Crippen molar-refractivity contribution in [2.45, 2.75) is 6.92 Å². The first kappa shape index (κ1) is 14.2. The van der Waals surface area contributed by atoms with E-state index in [4.69, 9.17) is 22.1 Å². The van der Waals surface area contributed by atoms with Crippen molar-refractivity contribution in [3.05, 3.63) is 53.1 Å². The Morgan fingerprint density at radius 3 is 2.75 bits per heavy atom. The number of benzene rings is 2. The van der Waals surface area contributed by atoms with E-state index in [1.807, 2.05) is 13.0 Å². The number of carbonyl (C=O) groups excluding carboxylic acids is 1. The van der Waals surface area contributed by atoms with Crippen LogP contribution in [-0.4, -0.2) is 12.5 Å². The van der Waals surface area contributed by atoms with Crippen LogP contribution in [0, 0.1) is 6.92 Å². The number of rotatable bonds is 4. The molecule has 20 heavy (non-hydrogen) atoms. The molecule has 0 heterocycles. The first-order valence-corrected chi connectivity index (χ1v) is 6.47. The first-order valence-electron chi connectivity index (χ1n) is 6.09. The molecule has 0 atom stereocenters. The number of nitrogen functional groups attached to an aromatic ring is 1. The average Bonchev–Trinajstić information content (AvgIpc) is 2.40. The maximum atomic E-state index is 11.8. The van der Waals surface area contributed by atoms with Gasteiger partial charge < -0.3 is 15.8 Å². The highest BCUT2D eigenvalue weighted by atomic mass is 35.5. The molecule has 0 aliphatic carbocycles. The highest BCUT2D eigenvalue weighted by Gasteiger charge is 2.07. The number of anilines is 2. The van der Waals surface area contributed by atoms with Gasteiger partial charge >= 0.3 is 0 Å². The Kier molecular flexibility index (Phi) is 4.48. The van der Waals surface area contributed by atoms with Gasteiger partial charge in [-0.1, -0.05) is 29.8 Å². The summed E-state index contributed by atoms with van der Waals surface area (Å²) in [5.41, 5.74) is 7.91. The van der Waals surface area contributed by atoms with Gasteiger partial charge in [0, 0.05) is 0 Å². The predicted octanol–water partition coefficient (Wildman–Crippen LogP) is 3.25. The lowest BCUT2D eigenvalue weighted by molar-refractivity contribution is -0.118. The molecule has 0 bridgehead atoms. The van der Waals surface area contributed by atoms with Gasteiger partial charge in [0.05, 0.1) is 16.4 Å². The van der Waals surface area contributed by atoms with Gasteiger partial charge in [0.25, 0.3) is 5.91 Å². The molecule has 4 nitrogen and oxygen atoms in total. The van der Waals surface area contributed by atoms with Crippen molar-refractivity contribution in [3.63, 3.8) is 0 Å². The minimum atomic E-state index is -0.293. The van der Waals surface area contributed by atoms with Crippen LogP contribution in [0.2, 0.25) is 5.02 Å². The van der Waals surface area contributed by atoms with E-state index in [0.717, 1.165) is 5.56 Å². The maximum Gasteiger partial charge on any atom is 0.262 e. The molecule has 5 heteroatoms. The highest BCUT2D eigenvalue weighted by Crippen LogP contribution is 2.23. The largest absolute Gasteiger partial charge is 0.482 e. The number of hydrogen-bond donors (Lipinski definition) is 2. The number of nitrogens with two attached hydrogens (primary N) is 1. The van der Waals surface area contributed by atoms with Crippen molar-refractivity contribution in [3.8, 4) is 5.75 Å². The van der Waals surface area contributed by atoms with Crippen LogP contribution in [0.15, 0.2) is 42.5 Å². The standard InChI is InChI=1S/C15H15ClN2O2/c1-10-6-7-14(12(17)8-10)20-9-15(19)18-13-5-3-2-4-11(13)16/h2-8H,9,17H2,1H3,(H,18,19). The molecule has 0 aliphatic rings. The fourth-order valence-electron chi connectivity index (χ4n) is 1.69. The Morgan fingerprint density at radius 1 is 1.30 bits per heavy atom. The van der Waals surface area contributed by atoms with Gasteiger partial charge in [-0.25, -0.2) is 0 Å². The van der Waals surface area contributed by atoms with Crippen LogP contribution in [0.5, 0.6) is 5.75 Å². The number of nitrogens with one attached hydrogen (secondary N) is 1. The Hall–Kier alpha value is -2.20. The molecule has 2 aromatic carbocycles. The van der Waals surface area contributed by atoms with Crippen molar-refractivity contribution < 1.29 is 9.53 Å². The van der Waals surface area contributed by atoms with Crippen LogP contribution in [-0.2, 0) is 4.79 Å².